The third-order valence-electron chi connectivity index (χ3n) is 1.74. The van der Waals surface area contributed by atoms with Crippen LogP contribution in [-0.4, -0.2) is 19.8 Å². The van der Waals surface area contributed by atoms with Crippen molar-refractivity contribution < 1.29 is 18.7 Å². The molecule has 0 aliphatic carbocycles. The number of hydrogen-bond acceptors (Lipinski definition) is 3. The van der Waals surface area contributed by atoms with Gasteiger partial charge in [0.25, 0.3) is 0 Å². The summed E-state index contributed by atoms with van der Waals surface area (Å²) in [5.74, 6) is -0.546. The number of halogens is 2. The molecule has 0 unspecified atom stereocenters. The monoisotopic (exact) mass is 247 g/mol. The normalized spacial score (nSPS) is 9.75. The summed E-state index contributed by atoms with van der Waals surface area (Å²) in [7, 11) is 1.35. The number of hydrogen-bond donors (Lipinski definition) is 1. The smallest absolute Gasteiger partial charge is 0.411 e. The Hall–Kier alpha value is -1.49. The van der Waals surface area contributed by atoms with E-state index in [1.165, 1.54) is 13.2 Å². The number of nitrogens with one attached hydrogen (secondary N) is 1. The molecule has 1 aromatic rings. The molecule has 0 aliphatic rings. The van der Waals surface area contributed by atoms with Crippen LogP contribution >= 0.6 is 11.6 Å². The molecule has 1 rings (SSSR count). The zero-order valence-corrected chi connectivity index (χ0v) is 9.60. The van der Waals surface area contributed by atoms with E-state index in [4.69, 9.17) is 16.3 Å². The van der Waals surface area contributed by atoms with Crippen LogP contribution in [0.25, 0.3) is 0 Å². The first kappa shape index (κ1) is 12.6. The van der Waals surface area contributed by atoms with E-state index < -0.39 is 11.9 Å². The Kier molecular flexibility index (Phi) is 4.37. The van der Waals surface area contributed by atoms with Crippen molar-refractivity contribution in [2.24, 2.45) is 0 Å². The zero-order valence-electron chi connectivity index (χ0n) is 8.84. The molecule has 16 heavy (non-hydrogen) atoms. The first-order valence-electron chi connectivity index (χ1n) is 4.55. The number of anilines is 1. The van der Waals surface area contributed by atoms with E-state index in [0.29, 0.717) is 0 Å². The van der Waals surface area contributed by atoms with Crippen LogP contribution in [0.1, 0.15) is 6.92 Å². The van der Waals surface area contributed by atoms with Gasteiger partial charge in [-0.15, -0.1) is 0 Å². The predicted molar refractivity (Wildman–Crippen MR) is 58.6 cm³/mol. The van der Waals surface area contributed by atoms with Gasteiger partial charge in [-0.3, -0.25) is 5.32 Å². The molecule has 88 valence electrons. The van der Waals surface area contributed by atoms with E-state index >= 15 is 0 Å². The number of rotatable bonds is 3. The third-order valence-corrected chi connectivity index (χ3v) is 1.96. The molecule has 0 atom stereocenters. The van der Waals surface area contributed by atoms with Crippen LogP contribution in [-0.2, 0) is 4.74 Å². The summed E-state index contributed by atoms with van der Waals surface area (Å²) in [6.45, 7) is 1.85. The SMILES string of the molecule is CCOC(=O)Nc1c(F)cc(Cl)cc1OC. The first-order chi connectivity index (χ1) is 7.58. The Bertz CT molecular complexity index is 398. The quantitative estimate of drug-likeness (QED) is 0.893. The van der Waals surface area contributed by atoms with Crippen LogP contribution in [0.15, 0.2) is 12.1 Å². The summed E-state index contributed by atoms with van der Waals surface area (Å²) in [6.07, 6.45) is -0.748. The second-order valence-corrected chi connectivity index (χ2v) is 3.25. The van der Waals surface area contributed by atoms with Crippen molar-refractivity contribution in [3.8, 4) is 5.75 Å². The number of carbonyl (C=O) groups is 1. The van der Waals surface area contributed by atoms with Gasteiger partial charge in [-0.1, -0.05) is 11.6 Å². The number of carbonyl (C=O) groups excluding carboxylic acids is 1. The maximum Gasteiger partial charge on any atom is 0.411 e. The Morgan fingerprint density at radius 3 is 2.81 bits per heavy atom. The summed E-state index contributed by atoms with van der Waals surface area (Å²) in [5, 5.41) is 2.42. The van der Waals surface area contributed by atoms with Crippen LogP contribution in [0.4, 0.5) is 14.9 Å². The molecule has 0 fully saturated rings. The Labute approximate surface area is 97.3 Å². The molecule has 0 saturated heterocycles. The highest BCUT2D eigenvalue weighted by Crippen LogP contribution is 2.31. The van der Waals surface area contributed by atoms with E-state index in [1.54, 1.807) is 6.92 Å². The van der Waals surface area contributed by atoms with Crippen LogP contribution in [0.2, 0.25) is 5.02 Å². The van der Waals surface area contributed by atoms with Gasteiger partial charge in [-0.05, 0) is 13.0 Å². The van der Waals surface area contributed by atoms with Gasteiger partial charge >= 0.3 is 6.09 Å². The van der Waals surface area contributed by atoms with Gasteiger partial charge in [0.15, 0.2) is 5.82 Å². The van der Waals surface area contributed by atoms with Crippen LogP contribution in [0, 0.1) is 5.82 Å². The topological polar surface area (TPSA) is 47.6 Å². The second kappa shape index (κ2) is 5.55. The summed E-state index contributed by atoms with van der Waals surface area (Å²) >= 11 is 5.63. The highest BCUT2D eigenvalue weighted by atomic mass is 35.5. The van der Waals surface area contributed by atoms with E-state index in [1.807, 2.05) is 0 Å². The Morgan fingerprint density at radius 1 is 1.56 bits per heavy atom. The van der Waals surface area contributed by atoms with E-state index in [0.717, 1.165) is 6.07 Å². The molecule has 0 heterocycles. The van der Waals surface area contributed by atoms with Gasteiger partial charge in [-0.25, -0.2) is 9.18 Å². The van der Waals surface area contributed by atoms with Crippen molar-refractivity contribution in [1.29, 1.82) is 0 Å². The molecular weight excluding hydrogens is 237 g/mol. The summed E-state index contributed by atoms with van der Waals surface area (Å²) in [5.41, 5.74) is -0.0923. The number of ether oxygens (including phenoxy) is 2. The molecule has 1 aromatic carbocycles. The standard InChI is InChI=1S/C10H11ClFNO3/c1-3-16-10(14)13-9-7(12)4-6(11)5-8(9)15-2/h4-5H,3H2,1-2H3,(H,13,14). The molecule has 1 N–H and O–H groups in total. The molecule has 0 radical (unpaired) electrons. The molecule has 1 amide bonds. The second-order valence-electron chi connectivity index (χ2n) is 2.81. The van der Waals surface area contributed by atoms with Gasteiger partial charge in [0.2, 0.25) is 0 Å². The minimum absolute atomic E-state index is 0.0923. The van der Waals surface area contributed by atoms with Gasteiger partial charge in [0, 0.05) is 11.1 Å². The van der Waals surface area contributed by atoms with E-state index in [-0.39, 0.29) is 23.1 Å². The average Bonchev–Trinajstić information content (AvgIpc) is 2.22. The van der Waals surface area contributed by atoms with E-state index in [9.17, 15) is 9.18 Å². The van der Waals surface area contributed by atoms with Crippen LogP contribution < -0.4 is 10.1 Å². The molecular formula is C10H11ClFNO3. The van der Waals surface area contributed by atoms with Gasteiger partial charge in [0.05, 0.1) is 13.7 Å². The van der Waals surface area contributed by atoms with Crippen LogP contribution in [0.5, 0.6) is 5.75 Å². The fourth-order valence-electron chi connectivity index (χ4n) is 1.10. The van der Waals surface area contributed by atoms with Crippen molar-refractivity contribution in [2.45, 2.75) is 6.92 Å². The lowest BCUT2D eigenvalue weighted by molar-refractivity contribution is 0.167. The maximum absolute atomic E-state index is 13.5. The molecule has 0 aromatic heterocycles. The molecule has 0 saturated carbocycles. The summed E-state index contributed by atoms with van der Waals surface area (Å²) in [4.78, 5) is 11.1. The molecule has 4 nitrogen and oxygen atoms in total. The number of methoxy groups -OCH3 is 1. The average molecular weight is 248 g/mol. The van der Waals surface area contributed by atoms with Gasteiger partial charge in [-0.2, -0.15) is 0 Å². The third kappa shape index (κ3) is 3.00. The van der Waals surface area contributed by atoms with Crippen molar-refractivity contribution >= 4 is 23.4 Å². The summed E-state index contributed by atoms with van der Waals surface area (Å²) in [6, 6.07) is 2.47. The molecule has 0 aliphatic heterocycles. The number of benzene rings is 1. The maximum atomic E-state index is 13.5. The molecule has 6 heteroatoms. The minimum Gasteiger partial charge on any atom is -0.494 e. The van der Waals surface area contributed by atoms with Crippen molar-refractivity contribution in [1.82, 2.24) is 0 Å². The van der Waals surface area contributed by atoms with Crippen LogP contribution in [0.3, 0.4) is 0 Å². The van der Waals surface area contributed by atoms with Crippen molar-refractivity contribution in [3.63, 3.8) is 0 Å². The fraction of sp³-hybridized carbons (Fsp3) is 0.300. The fourth-order valence-corrected chi connectivity index (χ4v) is 1.30. The summed E-state index contributed by atoms with van der Waals surface area (Å²) < 4.78 is 23.0. The molecule has 0 spiro atoms. The largest absolute Gasteiger partial charge is 0.494 e. The Morgan fingerprint density at radius 2 is 2.25 bits per heavy atom. The highest BCUT2D eigenvalue weighted by molar-refractivity contribution is 6.30. The first-order valence-corrected chi connectivity index (χ1v) is 4.93. The van der Waals surface area contributed by atoms with Gasteiger partial charge < -0.3 is 9.47 Å². The lowest BCUT2D eigenvalue weighted by Crippen LogP contribution is -2.15. The van der Waals surface area contributed by atoms with E-state index in [2.05, 4.69) is 10.1 Å². The lowest BCUT2D eigenvalue weighted by atomic mass is 10.3. The highest BCUT2D eigenvalue weighted by Gasteiger charge is 2.14. The minimum atomic E-state index is -0.748. The molecule has 0 bridgehead atoms. The van der Waals surface area contributed by atoms with Crippen molar-refractivity contribution in [3.05, 3.63) is 23.0 Å². The van der Waals surface area contributed by atoms with Gasteiger partial charge in [0.1, 0.15) is 11.4 Å². The zero-order chi connectivity index (χ0) is 12.1. The Balaban J connectivity index is 2.98. The number of amides is 1. The van der Waals surface area contributed by atoms with Crippen molar-refractivity contribution in [2.75, 3.05) is 19.0 Å². The predicted octanol–water partition coefficient (Wildman–Crippen LogP) is 3.06. The lowest BCUT2D eigenvalue weighted by Gasteiger charge is -2.11.